The minimum absolute atomic E-state index is 0.280. The van der Waals surface area contributed by atoms with Gasteiger partial charge in [0.05, 0.1) is 0 Å². The molecule has 0 radical (unpaired) electrons. The Balaban J connectivity index is 2.76. The van der Waals surface area contributed by atoms with Crippen molar-refractivity contribution in [3.63, 3.8) is 0 Å². The Kier molecular flexibility index (Phi) is 5.78. The minimum atomic E-state index is -0.280. The van der Waals surface area contributed by atoms with Crippen LogP contribution in [0.1, 0.15) is 29.8 Å². The van der Waals surface area contributed by atoms with Crippen molar-refractivity contribution < 1.29 is 4.79 Å². The molecule has 1 rings (SSSR count). The number of nitrogens with one attached hydrogen (secondary N) is 1. The summed E-state index contributed by atoms with van der Waals surface area (Å²) >= 11 is 3.49. The number of benzene rings is 1. The second-order valence-corrected chi connectivity index (χ2v) is 5.72. The fraction of sp³-hybridized carbons (Fsp3) is 0.462. The summed E-state index contributed by atoms with van der Waals surface area (Å²) in [5.41, 5.74) is 3.84. The lowest BCUT2D eigenvalue weighted by molar-refractivity contribution is 0.0953. The third-order valence-corrected chi connectivity index (χ3v) is 3.30. The lowest BCUT2D eigenvalue weighted by Gasteiger charge is -2.19. The molecule has 0 unspecified atom stereocenters. The van der Waals surface area contributed by atoms with Crippen LogP contribution in [0.5, 0.6) is 0 Å². The van der Waals surface area contributed by atoms with Crippen LogP contribution in [0.25, 0.3) is 0 Å². The van der Waals surface area contributed by atoms with E-state index in [2.05, 4.69) is 47.2 Å². The second-order valence-electron chi connectivity index (χ2n) is 4.87. The summed E-state index contributed by atoms with van der Waals surface area (Å²) < 4.78 is 0.930. The predicted molar refractivity (Wildman–Crippen MR) is 77.0 cm³/mol. The lowest BCUT2D eigenvalue weighted by Crippen LogP contribution is -2.30. The van der Waals surface area contributed by atoms with Crippen molar-refractivity contribution in [3.8, 4) is 0 Å². The molecule has 0 bridgehead atoms. The molecule has 0 aliphatic rings. The van der Waals surface area contributed by atoms with Gasteiger partial charge in [0.2, 0.25) is 0 Å². The first-order chi connectivity index (χ1) is 8.43. The molecule has 3 N–H and O–H groups in total. The number of carbonyl (C=O) groups excluding carboxylic acids is 1. The van der Waals surface area contributed by atoms with Gasteiger partial charge in [0.1, 0.15) is 0 Å². The zero-order valence-electron chi connectivity index (χ0n) is 11.0. The van der Waals surface area contributed by atoms with E-state index < -0.39 is 0 Å². The highest BCUT2D eigenvalue weighted by Gasteiger charge is 2.09. The summed E-state index contributed by atoms with van der Waals surface area (Å²) in [6.07, 6.45) is 0. The standard InChI is InChI=1S/C13H20BrN3O/c1-9(2)7-17(3)8-11-5-4-10(6-12(11)14)13(18)16-15/h4-6,9H,7-8,15H2,1-3H3,(H,16,18). The van der Waals surface area contributed by atoms with Gasteiger partial charge in [-0.2, -0.15) is 0 Å². The summed E-state index contributed by atoms with van der Waals surface area (Å²) in [5, 5.41) is 0. The molecule has 0 saturated heterocycles. The number of halogens is 1. The molecular weight excluding hydrogens is 294 g/mol. The van der Waals surface area contributed by atoms with Crippen molar-refractivity contribution in [2.45, 2.75) is 20.4 Å². The average Bonchev–Trinajstić information content (AvgIpc) is 2.29. The van der Waals surface area contributed by atoms with Crippen molar-refractivity contribution in [1.29, 1.82) is 0 Å². The Hall–Kier alpha value is -0.910. The predicted octanol–water partition coefficient (Wildman–Crippen LogP) is 2.14. The van der Waals surface area contributed by atoms with E-state index in [1.807, 2.05) is 6.07 Å². The SMILES string of the molecule is CC(C)CN(C)Cc1ccc(C(=O)NN)cc1Br. The Morgan fingerprint density at radius 2 is 2.17 bits per heavy atom. The van der Waals surface area contributed by atoms with Crippen LogP contribution in [0.4, 0.5) is 0 Å². The van der Waals surface area contributed by atoms with E-state index in [1.165, 1.54) is 0 Å². The van der Waals surface area contributed by atoms with E-state index in [-0.39, 0.29) is 5.91 Å². The Labute approximate surface area is 117 Å². The number of amides is 1. The third-order valence-electron chi connectivity index (χ3n) is 2.56. The average molecular weight is 314 g/mol. The van der Waals surface area contributed by atoms with Crippen LogP contribution in [-0.4, -0.2) is 24.4 Å². The third kappa shape index (κ3) is 4.40. The van der Waals surface area contributed by atoms with E-state index in [4.69, 9.17) is 5.84 Å². The van der Waals surface area contributed by atoms with E-state index in [0.717, 1.165) is 23.1 Å². The number of carbonyl (C=O) groups is 1. The second kappa shape index (κ2) is 6.87. The fourth-order valence-electron chi connectivity index (χ4n) is 1.88. The first-order valence-electron chi connectivity index (χ1n) is 5.92. The van der Waals surface area contributed by atoms with Crippen LogP contribution in [0.3, 0.4) is 0 Å². The molecule has 0 aliphatic heterocycles. The number of nitrogen functional groups attached to an aromatic ring is 1. The molecule has 0 aromatic heterocycles. The monoisotopic (exact) mass is 313 g/mol. The van der Waals surface area contributed by atoms with E-state index in [9.17, 15) is 4.79 Å². The van der Waals surface area contributed by atoms with Crippen molar-refractivity contribution >= 4 is 21.8 Å². The molecule has 1 aromatic carbocycles. The van der Waals surface area contributed by atoms with Crippen LogP contribution in [0.15, 0.2) is 22.7 Å². The van der Waals surface area contributed by atoms with Crippen LogP contribution < -0.4 is 11.3 Å². The molecule has 0 atom stereocenters. The van der Waals surface area contributed by atoms with Crippen LogP contribution in [-0.2, 0) is 6.54 Å². The molecule has 1 aromatic rings. The number of hydrogen-bond acceptors (Lipinski definition) is 3. The maximum atomic E-state index is 11.4. The molecule has 18 heavy (non-hydrogen) atoms. The highest BCUT2D eigenvalue weighted by atomic mass is 79.9. The number of hydrogen-bond donors (Lipinski definition) is 2. The summed E-state index contributed by atoms with van der Waals surface area (Å²) in [6, 6.07) is 5.53. The zero-order valence-corrected chi connectivity index (χ0v) is 12.6. The Morgan fingerprint density at radius 3 is 2.67 bits per heavy atom. The molecule has 0 heterocycles. The molecule has 0 fully saturated rings. The minimum Gasteiger partial charge on any atom is -0.302 e. The summed E-state index contributed by atoms with van der Waals surface area (Å²) in [6.45, 7) is 6.28. The van der Waals surface area contributed by atoms with Crippen LogP contribution in [0, 0.1) is 5.92 Å². The van der Waals surface area contributed by atoms with Crippen LogP contribution in [0.2, 0.25) is 0 Å². The lowest BCUT2D eigenvalue weighted by atomic mass is 10.1. The molecule has 0 saturated carbocycles. The van der Waals surface area contributed by atoms with Crippen molar-refractivity contribution in [2.24, 2.45) is 11.8 Å². The molecule has 0 spiro atoms. The number of nitrogens with two attached hydrogens (primary N) is 1. The largest absolute Gasteiger partial charge is 0.302 e. The normalized spacial score (nSPS) is 11.1. The van der Waals surface area contributed by atoms with Crippen LogP contribution >= 0.6 is 15.9 Å². The van der Waals surface area contributed by atoms with E-state index in [0.29, 0.717) is 11.5 Å². The summed E-state index contributed by atoms with van der Waals surface area (Å²) in [4.78, 5) is 13.6. The van der Waals surface area contributed by atoms with Gasteiger partial charge < -0.3 is 4.90 Å². The van der Waals surface area contributed by atoms with Crippen molar-refractivity contribution in [3.05, 3.63) is 33.8 Å². The quantitative estimate of drug-likeness (QED) is 0.497. The highest BCUT2D eigenvalue weighted by Crippen LogP contribution is 2.20. The Morgan fingerprint density at radius 1 is 1.50 bits per heavy atom. The van der Waals surface area contributed by atoms with Gasteiger partial charge in [0.15, 0.2) is 0 Å². The van der Waals surface area contributed by atoms with Gasteiger partial charge >= 0.3 is 0 Å². The zero-order chi connectivity index (χ0) is 13.7. The van der Waals surface area contributed by atoms with Gasteiger partial charge in [-0.25, -0.2) is 5.84 Å². The molecule has 100 valence electrons. The van der Waals surface area contributed by atoms with E-state index in [1.54, 1.807) is 12.1 Å². The van der Waals surface area contributed by atoms with Crippen molar-refractivity contribution in [1.82, 2.24) is 10.3 Å². The summed E-state index contributed by atoms with van der Waals surface area (Å²) in [7, 11) is 2.09. The highest BCUT2D eigenvalue weighted by molar-refractivity contribution is 9.10. The first kappa shape index (κ1) is 15.1. The smallest absolute Gasteiger partial charge is 0.265 e. The van der Waals surface area contributed by atoms with Gasteiger partial charge in [-0.3, -0.25) is 10.2 Å². The van der Waals surface area contributed by atoms with E-state index >= 15 is 0 Å². The number of hydrazine groups is 1. The van der Waals surface area contributed by atoms with Gasteiger partial charge in [0.25, 0.3) is 5.91 Å². The molecule has 1 amide bonds. The maximum Gasteiger partial charge on any atom is 0.265 e. The summed E-state index contributed by atoms with van der Waals surface area (Å²) in [5.74, 6) is 5.46. The fourth-order valence-corrected chi connectivity index (χ4v) is 2.38. The Bertz CT molecular complexity index is 421. The first-order valence-corrected chi connectivity index (χ1v) is 6.71. The molecule has 4 nitrogen and oxygen atoms in total. The molecule has 5 heteroatoms. The van der Waals surface area contributed by atoms with Gasteiger partial charge in [-0.1, -0.05) is 35.8 Å². The number of rotatable bonds is 5. The molecule has 0 aliphatic carbocycles. The van der Waals surface area contributed by atoms with Gasteiger partial charge in [0, 0.05) is 23.1 Å². The van der Waals surface area contributed by atoms with Gasteiger partial charge in [-0.15, -0.1) is 0 Å². The number of nitrogens with zero attached hydrogens (tertiary/aromatic N) is 1. The molecular formula is C13H20BrN3O. The maximum absolute atomic E-state index is 11.4. The van der Waals surface area contributed by atoms with Gasteiger partial charge in [-0.05, 0) is 30.7 Å². The van der Waals surface area contributed by atoms with Crippen molar-refractivity contribution in [2.75, 3.05) is 13.6 Å². The topological polar surface area (TPSA) is 58.4 Å².